The molecule has 0 aliphatic carbocycles. The van der Waals surface area contributed by atoms with E-state index in [0.717, 1.165) is 58.7 Å². The van der Waals surface area contributed by atoms with Crippen LogP contribution < -0.4 is 5.32 Å². The highest BCUT2D eigenvalue weighted by Crippen LogP contribution is 2.51. The van der Waals surface area contributed by atoms with E-state index in [1.165, 1.54) is 11.3 Å². The van der Waals surface area contributed by atoms with Gasteiger partial charge in [0.15, 0.2) is 9.84 Å². The first-order valence-corrected chi connectivity index (χ1v) is 18.3. The summed E-state index contributed by atoms with van der Waals surface area (Å²) >= 11 is 1.48. The number of nitrogens with zero attached hydrogens (tertiary/aromatic N) is 6. The predicted octanol–water partition coefficient (Wildman–Crippen LogP) is 6.48. The van der Waals surface area contributed by atoms with E-state index >= 15 is 0 Å². The molecule has 2 aliphatic rings. The molecule has 2 aliphatic heterocycles. The van der Waals surface area contributed by atoms with Crippen molar-refractivity contribution in [2.45, 2.75) is 63.8 Å². The molecule has 1 saturated heterocycles. The summed E-state index contributed by atoms with van der Waals surface area (Å²) in [6.45, 7) is 7.81. The van der Waals surface area contributed by atoms with E-state index in [9.17, 15) is 8.42 Å². The summed E-state index contributed by atoms with van der Waals surface area (Å²) in [5, 5.41) is 22.0. The lowest BCUT2D eigenvalue weighted by molar-refractivity contribution is 0.0639. The summed E-state index contributed by atoms with van der Waals surface area (Å²) in [4.78, 5) is 15.0. The van der Waals surface area contributed by atoms with Crippen LogP contribution in [-0.2, 0) is 27.5 Å². The van der Waals surface area contributed by atoms with Crippen molar-refractivity contribution >= 4 is 37.1 Å². The van der Waals surface area contributed by atoms with E-state index in [2.05, 4.69) is 39.3 Å². The number of fused-ring (bicyclic) bond motifs is 2. The van der Waals surface area contributed by atoms with Crippen molar-refractivity contribution in [3.05, 3.63) is 65.2 Å². The van der Waals surface area contributed by atoms with Gasteiger partial charge in [-0.1, -0.05) is 19.9 Å². The minimum Gasteiger partial charge on any atom is -0.421 e. The van der Waals surface area contributed by atoms with Gasteiger partial charge in [-0.2, -0.15) is 5.26 Å². The van der Waals surface area contributed by atoms with Crippen LogP contribution in [0.3, 0.4) is 0 Å². The Morgan fingerprint density at radius 3 is 2.66 bits per heavy atom. The van der Waals surface area contributed by atoms with Crippen molar-refractivity contribution in [3.8, 4) is 28.0 Å². The SMILES string of the molecule is Cc1nnc(-c2c(CCC3CCOCC3)nc3c(c2-c2cc4ccnc(NCc5ccc(C#N)nc5)c4s2)S(=O)(=O)CC3C(C)C)o1. The van der Waals surface area contributed by atoms with Crippen LogP contribution in [-0.4, -0.2) is 52.5 Å². The fourth-order valence-corrected chi connectivity index (χ4v) is 9.99. The van der Waals surface area contributed by atoms with Gasteiger partial charge in [0.05, 0.1) is 32.3 Å². The summed E-state index contributed by atoms with van der Waals surface area (Å²) in [5.74, 6) is 1.73. The number of sulfone groups is 1. The Bertz CT molecular complexity index is 2090. The second kappa shape index (κ2) is 12.7. The average molecular weight is 670 g/mol. The molecule has 13 heteroatoms. The zero-order valence-electron chi connectivity index (χ0n) is 26.5. The molecular formula is C34H35N7O4S2. The average Bonchev–Trinajstić information content (AvgIpc) is 3.78. The van der Waals surface area contributed by atoms with Crippen LogP contribution in [0.25, 0.3) is 32.0 Å². The number of hydrogen-bond donors (Lipinski definition) is 1. The van der Waals surface area contributed by atoms with Crippen LogP contribution in [0.5, 0.6) is 0 Å². The van der Waals surface area contributed by atoms with Gasteiger partial charge in [-0.15, -0.1) is 21.5 Å². The van der Waals surface area contributed by atoms with E-state index in [1.54, 1.807) is 25.4 Å². The maximum Gasteiger partial charge on any atom is 0.250 e. The fourth-order valence-electron chi connectivity index (χ4n) is 6.53. The summed E-state index contributed by atoms with van der Waals surface area (Å²) in [5.41, 5.74) is 3.88. The molecule has 242 valence electrons. The molecule has 1 unspecified atom stereocenters. The smallest absolute Gasteiger partial charge is 0.250 e. The van der Waals surface area contributed by atoms with E-state index < -0.39 is 9.84 Å². The second-order valence-electron chi connectivity index (χ2n) is 12.6. The van der Waals surface area contributed by atoms with Crippen LogP contribution in [0.4, 0.5) is 5.82 Å². The van der Waals surface area contributed by atoms with Gasteiger partial charge in [0.2, 0.25) is 11.8 Å². The molecule has 1 atom stereocenters. The summed E-state index contributed by atoms with van der Waals surface area (Å²) in [7, 11) is -3.68. The van der Waals surface area contributed by atoms with E-state index in [-0.39, 0.29) is 28.4 Å². The molecule has 1 N–H and O–H groups in total. The zero-order valence-corrected chi connectivity index (χ0v) is 28.1. The van der Waals surface area contributed by atoms with Gasteiger partial charge in [-0.3, -0.25) is 4.98 Å². The molecule has 11 nitrogen and oxygen atoms in total. The normalized spacial score (nSPS) is 17.6. The molecule has 0 aromatic carbocycles. The molecule has 0 saturated carbocycles. The number of anilines is 1. The van der Waals surface area contributed by atoms with Crippen molar-refractivity contribution in [3.63, 3.8) is 0 Å². The topological polar surface area (TPSA) is 157 Å². The Hall–Kier alpha value is -4.25. The van der Waals surface area contributed by atoms with Crippen molar-refractivity contribution in [2.75, 3.05) is 24.3 Å². The number of nitrogens with one attached hydrogen (secondary N) is 1. The first-order valence-electron chi connectivity index (χ1n) is 15.9. The molecule has 5 aromatic heterocycles. The van der Waals surface area contributed by atoms with Gasteiger partial charge in [0.25, 0.3) is 0 Å². The van der Waals surface area contributed by atoms with Crippen molar-refractivity contribution < 1.29 is 17.6 Å². The van der Waals surface area contributed by atoms with Crippen LogP contribution in [0.1, 0.15) is 67.6 Å². The standard InChI is InChI=1S/C34H35N7O4S2/c1-19(2)25-18-47(42,43)32-29(27-14-23-8-11-36-33(31(23)46-27)38-17-22-4-6-24(15-35)37-16-22)28(34-41-40-20(3)45-34)26(39-30(25)32)7-5-21-9-12-44-13-10-21/h4,6,8,11,14,16,19,21,25H,5,7,9-10,12-13,17-18H2,1-3H3,(H,36,38). The highest BCUT2D eigenvalue weighted by molar-refractivity contribution is 7.92. The number of thiophene rings is 1. The van der Waals surface area contributed by atoms with Crippen LogP contribution in [0, 0.1) is 30.1 Å². The van der Waals surface area contributed by atoms with Gasteiger partial charge >= 0.3 is 0 Å². The molecule has 0 spiro atoms. The lowest BCUT2D eigenvalue weighted by Gasteiger charge is -2.23. The van der Waals surface area contributed by atoms with E-state index in [0.29, 0.717) is 53.1 Å². The Morgan fingerprint density at radius 2 is 1.96 bits per heavy atom. The largest absolute Gasteiger partial charge is 0.421 e. The number of hydrogen-bond acceptors (Lipinski definition) is 12. The van der Waals surface area contributed by atoms with E-state index in [1.807, 2.05) is 24.3 Å². The Balaban J connectivity index is 1.39. The molecule has 0 radical (unpaired) electrons. The second-order valence-corrected chi connectivity index (χ2v) is 15.6. The minimum absolute atomic E-state index is 0.0175. The third-order valence-electron chi connectivity index (χ3n) is 9.07. The van der Waals surface area contributed by atoms with Crippen LogP contribution in [0.15, 0.2) is 46.0 Å². The molecule has 1 fully saturated rings. The van der Waals surface area contributed by atoms with Gasteiger partial charge < -0.3 is 14.5 Å². The van der Waals surface area contributed by atoms with Crippen LogP contribution >= 0.6 is 11.3 Å². The van der Waals surface area contributed by atoms with Gasteiger partial charge in [-0.25, -0.2) is 18.4 Å². The monoisotopic (exact) mass is 669 g/mol. The van der Waals surface area contributed by atoms with Gasteiger partial charge in [-0.05, 0) is 66.7 Å². The lowest BCUT2D eigenvalue weighted by atomic mass is 9.89. The van der Waals surface area contributed by atoms with Crippen molar-refractivity contribution in [2.24, 2.45) is 11.8 Å². The Labute approximate surface area is 277 Å². The van der Waals surface area contributed by atoms with Crippen molar-refractivity contribution in [1.82, 2.24) is 25.1 Å². The van der Waals surface area contributed by atoms with E-state index in [4.69, 9.17) is 19.4 Å². The highest BCUT2D eigenvalue weighted by Gasteiger charge is 2.43. The summed E-state index contributed by atoms with van der Waals surface area (Å²) in [6.07, 6.45) is 6.96. The first-order chi connectivity index (χ1) is 22.7. The van der Waals surface area contributed by atoms with Gasteiger partial charge in [0.1, 0.15) is 17.6 Å². The Kier molecular flexibility index (Phi) is 8.50. The number of ether oxygens (including phenoxy) is 1. The summed E-state index contributed by atoms with van der Waals surface area (Å²) < 4.78 is 40.7. The number of aromatic nitrogens is 5. The fraction of sp³-hybridized carbons (Fsp3) is 0.412. The van der Waals surface area contributed by atoms with Crippen molar-refractivity contribution in [1.29, 1.82) is 5.26 Å². The molecule has 0 bridgehead atoms. The molecule has 47 heavy (non-hydrogen) atoms. The zero-order chi connectivity index (χ0) is 32.7. The third kappa shape index (κ3) is 6.13. The lowest BCUT2D eigenvalue weighted by Crippen LogP contribution is -2.17. The number of pyridine rings is 3. The maximum absolute atomic E-state index is 14.1. The Morgan fingerprint density at radius 1 is 1.13 bits per heavy atom. The molecule has 7 rings (SSSR count). The quantitative estimate of drug-likeness (QED) is 0.183. The molecular weight excluding hydrogens is 635 g/mol. The number of aryl methyl sites for hydroxylation is 2. The maximum atomic E-state index is 14.1. The molecule has 7 heterocycles. The van der Waals surface area contributed by atoms with Crippen LogP contribution in [0.2, 0.25) is 0 Å². The highest BCUT2D eigenvalue weighted by atomic mass is 32.2. The first kappa shape index (κ1) is 31.4. The third-order valence-corrected chi connectivity index (χ3v) is 12.1. The minimum atomic E-state index is -3.68. The number of rotatable bonds is 9. The predicted molar refractivity (Wildman–Crippen MR) is 179 cm³/mol. The number of nitriles is 1. The van der Waals surface area contributed by atoms with Gasteiger partial charge in [0, 0.05) is 55.4 Å². The summed E-state index contributed by atoms with van der Waals surface area (Å²) in [6, 6.07) is 9.54. The molecule has 0 amide bonds. The molecule has 5 aromatic rings.